The van der Waals surface area contributed by atoms with Crippen LogP contribution in [-0.4, -0.2) is 70.1 Å². The highest BCUT2D eigenvalue weighted by atomic mass is 32.2. The van der Waals surface area contributed by atoms with E-state index >= 15 is 0 Å². The van der Waals surface area contributed by atoms with E-state index in [9.17, 15) is 29.4 Å². The van der Waals surface area contributed by atoms with Crippen molar-refractivity contribution in [3.8, 4) is 5.75 Å². The number of nitrogens with one attached hydrogen (secondary N) is 3. The SMILES string of the molecule is CSCCC(NC(=O)C(C)N)C(=O)NC(Cc1ccc(O)cc1)C(=O)NC(Cc1ccccc1)C(=O)O. The van der Waals surface area contributed by atoms with E-state index in [1.807, 2.05) is 6.26 Å². The van der Waals surface area contributed by atoms with E-state index in [1.165, 1.54) is 30.8 Å². The number of carboxylic acid groups (broad SMARTS) is 1. The number of phenolic OH excluding ortho intramolecular Hbond substituents is 1. The molecule has 4 atom stereocenters. The second-order valence-corrected chi connectivity index (χ2v) is 9.64. The van der Waals surface area contributed by atoms with Crippen molar-refractivity contribution in [1.29, 1.82) is 0 Å². The maximum Gasteiger partial charge on any atom is 0.326 e. The molecule has 10 nitrogen and oxygen atoms in total. The summed E-state index contributed by atoms with van der Waals surface area (Å²) in [5.74, 6) is -2.38. The topological polar surface area (TPSA) is 171 Å². The summed E-state index contributed by atoms with van der Waals surface area (Å²) in [5, 5.41) is 27.1. The van der Waals surface area contributed by atoms with E-state index in [4.69, 9.17) is 5.73 Å². The summed E-state index contributed by atoms with van der Waals surface area (Å²) in [4.78, 5) is 50.5. The molecule has 0 saturated heterocycles. The van der Waals surface area contributed by atoms with Gasteiger partial charge in [-0.3, -0.25) is 14.4 Å². The maximum absolute atomic E-state index is 13.3. The predicted molar refractivity (Wildman–Crippen MR) is 142 cm³/mol. The fourth-order valence-corrected chi connectivity index (χ4v) is 3.95. The van der Waals surface area contributed by atoms with E-state index < -0.39 is 47.9 Å². The number of carbonyl (C=O) groups is 4. The minimum absolute atomic E-state index is 0.0337. The molecule has 7 N–H and O–H groups in total. The van der Waals surface area contributed by atoms with Crippen LogP contribution in [0, 0.1) is 0 Å². The van der Waals surface area contributed by atoms with Crippen molar-refractivity contribution in [2.24, 2.45) is 5.73 Å². The standard InChI is InChI=1S/C26H34N4O6S/c1-16(27)23(32)28-20(12-13-37-2)24(33)29-21(14-18-8-10-19(31)11-9-18)25(34)30-22(26(35)36)15-17-6-4-3-5-7-17/h3-11,16,20-22,31H,12-15,27H2,1-2H3,(H,28,32)(H,29,33)(H,30,34)(H,35,36). The molecule has 200 valence electrons. The van der Waals surface area contributed by atoms with E-state index in [1.54, 1.807) is 42.5 Å². The molecular formula is C26H34N4O6S. The lowest BCUT2D eigenvalue weighted by Gasteiger charge is -2.25. The molecule has 3 amide bonds. The third kappa shape index (κ3) is 10.1. The number of aliphatic carboxylic acids is 1. The molecule has 37 heavy (non-hydrogen) atoms. The molecule has 11 heteroatoms. The number of carbonyl (C=O) groups excluding carboxylic acids is 3. The molecule has 0 aliphatic heterocycles. The number of benzene rings is 2. The Kier molecular flexibility index (Phi) is 11.9. The van der Waals surface area contributed by atoms with Crippen molar-refractivity contribution >= 4 is 35.5 Å². The molecule has 0 radical (unpaired) electrons. The van der Waals surface area contributed by atoms with Crippen LogP contribution in [0.25, 0.3) is 0 Å². The molecule has 0 spiro atoms. The van der Waals surface area contributed by atoms with Crippen LogP contribution in [-0.2, 0) is 32.0 Å². The van der Waals surface area contributed by atoms with Gasteiger partial charge in [-0.05, 0) is 48.6 Å². The average molecular weight is 531 g/mol. The van der Waals surface area contributed by atoms with E-state index in [-0.39, 0.29) is 18.6 Å². The molecule has 0 heterocycles. The number of hydrogen-bond donors (Lipinski definition) is 6. The number of thioether (sulfide) groups is 1. The Morgan fingerprint density at radius 1 is 0.811 bits per heavy atom. The summed E-state index contributed by atoms with van der Waals surface area (Å²) in [5.41, 5.74) is 6.99. The third-order valence-electron chi connectivity index (χ3n) is 5.56. The molecule has 0 saturated carbocycles. The van der Waals surface area contributed by atoms with Crippen LogP contribution in [0.2, 0.25) is 0 Å². The molecule has 0 fully saturated rings. The van der Waals surface area contributed by atoms with Crippen LogP contribution in [0.3, 0.4) is 0 Å². The second-order valence-electron chi connectivity index (χ2n) is 8.65. The molecule has 0 aromatic heterocycles. The summed E-state index contributed by atoms with van der Waals surface area (Å²) in [6.45, 7) is 1.50. The lowest BCUT2D eigenvalue weighted by Crippen LogP contribution is -2.57. The first kappa shape index (κ1) is 29.7. The number of hydrogen-bond acceptors (Lipinski definition) is 7. The zero-order valence-corrected chi connectivity index (χ0v) is 21.7. The fraction of sp³-hybridized carbons (Fsp3) is 0.385. The summed E-state index contributed by atoms with van der Waals surface area (Å²) in [6, 6.07) is 10.9. The van der Waals surface area contributed by atoms with Crippen LogP contribution >= 0.6 is 11.8 Å². The van der Waals surface area contributed by atoms with Gasteiger partial charge in [0, 0.05) is 12.8 Å². The van der Waals surface area contributed by atoms with E-state index in [2.05, 4.69) is 16.0 Å². The van der Waals surface area contributed by atoms with Gasteiger partial charge in [-0.2, -0.15) is 11.8 Å². The van der Waals surface area contributed by atoms with Crippen LogP contribution in [0.5, 0.6) is 5.75 Å². The minimum Gasteiger partial charge on any atom is -0.508 e. The van der Waals surface area contributed by atoms with Crippen LogP contribution in [0.4, 0.5) is 0 Å². The number of nitrogens with two attached hydrogens (primary N) is 1. The van der Waals surface area contributed by atoms with Gasteiger partial charge >= 0.3 is 5.97 Å². The Bertz CT molecular complexity index is 1050. The van der Waals surface area contributed by atoms with Crippen molar-refractivity contribution in [2.75, 3.05) is 12.0 Å². The van der Waals surface area contributed by atoms with Gasteiger partial charge in [-0.25, -0.2) is 4.79 Å². The highest BCUT2D eigenvalue weighted by molar-refractivity contribution is 7.98. The molecule has 0 bridgehead atoms. The Morgan fingerprint density at radius 3 is 1.89 bits per heavy atom. The molecule has 2 aromatic rings. The summed E-state index contributed by atoms with van der Waals surface area (Å²) >= 11 is 1.49. The highest BCUT2D eigenvalue weighted by Crippen LogP contribution is 2.13. The van der Waals surface area contributed by atoms with Crippen LogP contribution in [0.1, 0.15) is 24.5 Å². The average Bonchev–Trinajstić information content (AvgIpc) is 2.87. The maximum atomic E-state index is 13.3. The van der Waals surface area contributed by atoms with Crippen molar-refractivity contribution in [2.45, 2.75) is 50.4 Å². The van der Waals surface area contributed by atoms with Gasteiger partial charge in [0.1, 0.15) is 23.9 Å². The highest BCUT2D eigenvalue weighted by Gasteiger charge is 2.30. The first-order valence-corrected chi connectivity index (χ1v) is 13.2. The summed E-state index contributed by atoms with van der Waals surface area (Å²) in [6.07, 6.45) is 2.27. The summed E-state index contributed by atoms with van der Waals surface area (Å²) < 4.78 is 0. The first-order chi connectivity index (χ1) is 17.6. The first-order valence-electron chi connectivity index (χ1n) is 11.8. The Hall–Kier alpha value is -3.57. The van der Waals surface area contributed by atoms with Gasteiger partial charge in [0.25, 0.3) is 0 Å². The normalized spacial score (nSPS) is 14.0. The van der Waals surface area contributed by atoms with Gasteiger partial charge in [-0.15, -0.1) is 0 Å². The molecular weight excluding hydrogens is 496 g/mol. The predicted octanol–water partition coefficient (Wildman–Crippen LogP) is 0.817. The quantitative estimate of drug-likeness (QED) is 0.208. The summed E-state index contributed by atoms with van der Waals surface area (Å²) in [7, 11) is 0. The molecule has 0 aliphatic carbocycles. The van der Waals surface area contributed by atoms with Crippen LogP contribution < -0.4 is 21.7 Å². The van der Waals surface area contributed by atoms with Gasteiger partial charge in [0.15, 0.2) is 0 Å². The van der Waals surface area contributed by atoms with E-state index in [0.29, 0.717) is 17.7 Å². The minimum atomic E-state index is -1.22. The molecule has 0 aliphatic rings. The van der Waals surface area contributed by atoms with Crippen molar-refractivity contribution < 1.29 is 29.4 Å². The number of carboxylic acids is 1. The van der Waals surface area contributed by atoms with Gasteiger partial charge in [-0.1, -0.05) is 42.5 Å². The van der Waals surface area contributed by atoms with Gasteiger partial charge in [0.2, 0.25) is 17.7 Å². The molecule has 2 aromatic carbocycles. The zero-order valence-electron chi connectivity index (χ0n) is 20.8. The van der Waals surface area contributed by atoms with Crippen LogP contribution in [0.15, 0.2) is 54.6 Å². The Labute approximate surface area is 220 Å². The van der Waals surface area contributed by atoms with Crippen molar-refractivity contribution in [3.63, 3.8) is 0 Å². The second kappa shape index (κ2) is 14.9. The Morgan fingerprint density at radius 2 is 1.32 bits per heavy atom. The number of phenols is 1. The largest absolute Gasteiger partial charge is 0.508 e. The number of amides is 3. The van der Waals surface area contributed by atoms with Crippen molar-refractivity contribution in [1.82, 2.24) is 16.0 Å². The van der Waals surface area contributed by atoms with Gasteiger partial charge in [0.05, 0.1) is 6.04 Å². The van der Waals surface area contributed by atoms with E-state index in [0.717, 1.165) is 5.56 Å². The molecule has 4 unspecified atom stereocenters. The van der Waals surface area contributed by atoms with Crippen molar-refractivity contribution in [3.05, 3.63) is 65.7 Å². The third-order valence-corrected chi connectivity index (χ3v) is 6.21. The fourth-order valence-electron chi connectivity index (χ4n) is 3.48. The monoisotopic (exact) mass is 530 g/mol. The lowest BCUT2D eigenvalue weighted by atomic mass is 10.0. The number of aromatic hydroxyl groups is 1. The zero-order chi connectivity index (χ0) is 27.4. The smallest absolute Gasteiger partial charge is 0.326 e. The lowest BCUT2D eigenvalue weighted by molar-refractivity contribution is -0.142. The Balaban J connectivity index is 2.25. The van der Waals surface area contributed by atoms with Gasteiger partial charge < -0.3 is 31.9 Å². The molecule has 2 rings (SSSR count). The number of rotatable bonds is 14.